The third-order valence-electron chi connectivity index (χ3n) is 5.38. The SMILES string of the molecule is CCCCOc1c(C)cc(NC(=O)C2(OCC)CCC(C)CC2)cc1C. The molecule has 2 rings (SSSR count). The van der Waals surface area contributed by atoms with Crippen molar-refractivity contribution in [2.75, 3.05) is 18.5 Å². The van der Waals surface area contributed by atoms with Gasteiger partial charge in [-0.1, -0.05) is 20.3 Å². The zero-order valence-electron chi connectivity index (χ0n) is 17.1. The number of nitrogens with one attached hydrogen (secondary N) is 1. The van der Waals surface area contributed by atoms with Crippen molar-refractivity contribution in [3.05, 3.63) is 23.3 Å². The molecule has 0 heterocycles. The molecule has 26 heavy (non-hydrogen) atoms. The monoisotopic (exact) mass is 361 g/mol. The van der Waals surface area contributed by atoms with Crippen molar-refractivity contribution in [2.45, 2.75) is 78.7 Å². The molecule has 1 aliphatic rings. The summed E-state index contributed by atoms with van der Waals surface area (Å²) >= 11 is 0. The Morgan fingerprint density at radius 2 is 1.81 bits per heavy atom. The third kappa shape index (κ3) is 5.00. The van der Waals surface area contributed by atoms with E-state index in [-0.39, 0.29) is 5.91 Å². The summed E-state index contributed by atoms with van der Waals surface area (Å²) in [5.41, 5.74) is 2.25. The molecule has 1 fully saturated rings. The van der Waals surface area contributed by atoms with Crippen LogP contribution in [0.4, 0.5) is 5.69 Å². The lowest BCUT2D eigenvalue weighted by molar-refractivity contribution is -0.146. The Bertz CT molecular complexity index is 580. The first-order chi connectivity index (χ1) is 12.4. The summed E-state index contributed by atoms with van der Waals surface area (Å²) in [6, 6.07) is 3.99. The molecule has 1 aromatic rings. The Balaban J connectivity index is 2.12. The van der Waals surface area contributed by atoms with Gasteiger partial charge in [-0.05, 0) is 82.1 Å². The maximum absolute atomic E-state index is 13.0. The van der Waals surface area contributed by atoms with Crippen molar-refractivity contribution in [2.24, 2.45) is 5.92 Å². The van der Waals surface area contributed by atoms with Crippen molar-refractivity contribution in [3.8, 4) is 5.75 Å². The number of carbonyl (C=O) groups excluding carboxylic acids is 1. The first-order valence-corrected chi connectivity index (χ1v) is 10.1. The Morgan fingerprint density at radius 3 is 2.35 bits per heavy atom. The van der Waals surface area contributed by atoms with E-state index < -0.39 is 5.60 Å². The lowest BCUT2D eigenvalue weighted by Crippen LogP contribution is -2.48. The fraction of sp³-hybridized carbons (Fsp3) is 0.682. The van der Waals surface area contributed by atoms with Crippen LogP contribution in [0.25, 0.3) is 0 Å². The molecule has 1 N–H and O–H groups in total. The van der Waals surface area contributed by atoms with Crippen molar-refractivity contribution in [1.29, 1.82) is 0 Å². The van der Waals surface area contributed by atoms with E-state index in [9.17, 15) is 4.79 Å². The minimum atomic E-state index is -0.681. The summed E-state index contributed by atoms with van der Waals surface area (Å²) in [7, 11) is 0. The highest BCUT2D eigenvalue weighted by Gasteiger charge is 2.41. The van der Waals surface area contributed by atoms with Crippen molar-refractivity contribution >= 4 is 11.6 Å². The first-order valence-electron chi connectivity index (χ1n) is 10.1. The maximum atomic E-state index is 13.0. The van der Waals surface area contributed by atoms with Crippen LogP contribution in [0, 0.1) is 19.8 Å². The zero-order chi connectivity index (χ0) is 19.2. The highest BCUT2D eigenvalue weighted by atomic mass is 16.5. The van der Waals surface area contributed by atoms with Crippen molar-refractivity contribution < 1.29 is 14.3 Å². The van der Waals surface area contributed by atoms with E-state index in [4.69, 9.17) is 9.47 Å². The Hall–Kier alpha value is -1.55. The summed E-state index contributed by atoms with van der Waals surface area (Å²) in [6.07, 6.45) is 5.83. The quantitative estimate of drug-likeness (QED) is 0.630. The van der Waals surface area contributed by atoms with Gasteiger partial charge < -0.3 is 14.8 Å². The average molecular weight is 362 g/mol. The molecule has 1 amide bonds. The predicted octanol–water partition coefficient (Wildman–Crippen LogP) is 5.41. The molecule has 1 saturated carbocycles. The number of hydrogen-bond donors (Lipinski definition) is 1. The second kappa shape index (κ2) is 9.40. The molecule has 0 unspecified atom stereocenters. The van der Waals surface area contributed by atoms with Gasteiger partial charge >= 0.3 is 0 Å². The van der Waals surface area contributed by atoms with E-state index in [2.05, 4.69) is 19.2 Å². The Labute approximate surface area is 158 Å². The van der Waals surface area contributed by atoms with Crippen LogP contribution in [0.3, 0.4) is 0 Å². The van der Waals surface area contributed by atoms with Crippen LogP contribution in [-0.2, 0) is 9.53 Å². The smallest absolute Gasteiger partial charge is 0.256 e. The molecule has 1 aromatic carbocycles. The van der Waals surface area contributed by atoms with Crippen LogP contribution >= 0.6 is 0 Å². The lowest BCUT2D eigenvalue weighted by atomic mass is 9.78. The van der Waals surface area contributed by atoms with Crippen LogP contribution in [0.15, 0.2) is 12.1 Å². The van der Waals surface area contributed by atoms with Gasteiger partial charge in [-0.2, -0.15) is 0 Å². The van der Waals surface area contributed by atoms with Gasteiger partial charge in [0.1, 0.15) is 11.4 Å². The van der Waals surface area contributed by atoms with Gasteiger partial charge in [0.2, 0.25) is 0 Å². The predicted molar refractivity (Wildman–Crippen MR) is 107 cm³/mol. The fourth-order valence-corrected chi connectivity index (χ4v) is 3.76. The molecular formula is C22H35NO3. The van der Waals surface area contributed by atoms with Crippen LogP contribution in [-0.4, -0.2) is 24.7 Å². The average Bonchev–Trinajstić information content (AvgIpc) is 2.59. The number of hydrogen-bond acceptors (Lipinski definition) is 3. The maximum Gasteiger partial charge on any atom is 0.256 e. The van der Waals surface area contributed by atoms with E-state index in [1.807, 2.05) is 32.9 Å². The Kier molecular flexibility index (Phi) is 7.51. The van der Waals surface area contributed by atoms with E-state index in [1.54, 1.807) is 0 Å². The first kappa shape index (κ1) is 20.8. The van der Waals surface area contributed by atoms with Gasteiger partial charge in [0, 0.05) is 12.3 Å². The summed E-state index contributed by atoms with van der Waals surface area (Å²) in [5.74, 6) is 1.59. The van der Waals surface area contributed by atoms with E-state index in [1.165, 1.54) is 0 Å². The Morgan fingerprint density at radius 1 is 1.19 bits per heavy atom. The van der Waals surface area contributed by atoms with E-state index in [0.29, 0.717) is 12.5 Å². The number of ether oxygens (including phenoxy) is 2. The molecule has 146 valence electrons. The molecule has 0 aromatic heterocycles. The largest absolute Gasteiger partial charge is 0.493 e. The highest BCUT2D eigenvalue weighted by Crippen LogP contribution is 2.36. The standard InChI is InChI=1S/C22H35NO3/c1-6-8-13-25-20-17(4)14-19(15-18(20)5)23-21(24)22(26-7-2)11-9-16(3)10-12-22/h14-16H,6-13H2,1-5H3,(H,23,24). The minimum absolute atomic E-state index is 0.00954. The molecule has 4 heteroatoms. The molecule has 0 saturated heterocycles. The molecule has 0 radical (unpaired) electrons. The minimum Gasteiger partial charge on any atom is -0.493 e. The number of anilines is 1. The number of aryl methyl sites for hydroxylation is 2. The molecule has 0 bridgehead atoms. The van der Waals surface area contributed by atoms with Gasteiger partial charge in [-0.15, -0.1) is 0 Å². The number of unbranched alkanes of at least 4 members (excludes halogenated alkanes) is 1. The molecule has 0 spiro atoms. The normalized spacial score (nSPS) is 22.9. The lowest BCUT2D eigenvalue weighted by Gasteiger charge is -2.37. The molecule has 4 nitrogen and oxygen atoms in total. The molecule has 0 atom stereocenters. The van der Waals surface area contributed by atoms with Gasteiger partial charge in [-0.25, -0.2) is 0 Å². The number of amides is 1. The topological polar surface area (TPSA) is 47.6 Å². The zero-order valence-corrected chi connectivity index (χ0v) is 17.1. The van der Waals surface area contributed by atoms with Crippen molar-refractivity contribution in [3.63, 3.8) is 0 Å². The molecular weight excluding hydrogens is 326 g/mol. The van der Waals surface area contributed by atoms with Crippen LogP contribution < -0.4 is 10.1 Å². The van der Waals surface area contributed by atoms with E-state index in [0.717, 1.165) is 67.7 Å². The summed E-state index contributed by atoms with van der Waals surface area (Å²) in [6.45, 7) is 11.7. The van der Waals surface area contributed by atoms with Gasteiger partial charge in [0.25, 0.3) is 5.91 Å². The number of rotatable bonds is 8. The van der Waals surface area contributed by atoms with Crippen molar-refractivity contribution in [1.82, 2.24) is 0 Å². The number of carbonyl (C=O) groups is 1. The van der Waals surface area contributed by atoms with Crippen LogP contribution in [0.5, 0.6) is 5.75 Å². The highest BCUT2D eigenvalue weighted by molar-refractivity contribution is 5.97. The van der Waals surface area contributed by atoms with Crippen LogP contribution in [0.2, 0.25) is 0 Å². The van der Waals surface area contributed by atoms with Crippen LogP contribution in [0.1, 0.15) is 70.4 Å². The van der Waals surface area contributed by atoms with E-state index >= 15 is 0 Å². The second-order valence-corrected chi connectivity index (χ2v) is 7.71. The molecule has 0 aliphatic heterocycles. The number of benzene rings is 1. The van der Waals surface area contributed by atoms with Gasteiger partial charge in [0.05, 0.1) is 6.61 Å². The van der Waals surface area contributed by atoms with Gasteiger partial charge in [0.15, 0.2) is 0 Å². The van der Waals surface area contributed by atoms with Gasteiger partial charge in [-0.3, -0.25) is 4.79 Å². The summed E-state index contributed by atoms with van der Waals surface area (Å²) in [5, 5.41) is 3.11. The third-order valence-corrected chi connectivity index (χ3v) is 5.38. The second-order valence-electron chi connectivity index (χ2n) is 7.71. The summed E-state index contributed by atoms with van der Waals surface area (Å²) in [4.78, 5) is 13.0. The fourth-order valence-electron chi connectivity index (χ4n) is 3.76. The summed E-state index contributed by atoms with van der Waals surface area (Å²) < 4.78 is 11.9. The molecule has 1 aliphatic carbocycles.